The van der Waals surface area contributed by atoms with E-state index < -0.39 is 0 Å². The maximum atomic E-state index is 11.7. The first kappa shape index (κ1) is 18.4. The minimum Gasteiger partial charge on any atom is -0.493 e. The third-order valence-corrected chi connectivity index (χ3v) is 3.55. The van der Waals surface area contributed by atoms with Gasteiger partial charge in [0.2, 0.25) is 0 Å². The monoisotopic (exact) mass is 344 g/mol. The summed E-state index contributed by atoms with van der Waals surface area (Å²) in [7, 11) is 3.20. The lowest BCUT2D eigenvalue weighted by molar-refractivity contribution is 0.236. The molecule has 0 spiro atoms. The van der Waals surface area contributed by atoms with E-state index in [9.17, 15) is 4.79 Å². The molecular weight excluding hydrogens is 320 g/mol. The number of methoxy groups -OCH3 is 2. The number of benzene rings is 2. The van der Waals surface area contributed by atoms with Crippen LogP contribution in [-0.2, 0) is 6.42 Å². The molecule has 0 aliphatic rings. The Labute approximate surface area is 148 Å². The third kappa shape index (κ3) is 6.25. The second-order valence-corrected chi connectivity index (χ2v) is 5.28. The molecule has 6 heteroatoms. The second-order valence-electron chi connectivity index (χ2n) is 5.28. The van der Waals surface area contributed by atoms with Gasteiger partial charge < -0.3 is 24.8 Å². The summed E-state index contributed by atoms with van der Waals surface area (Å²) in [5, 5.41) is 5.58. The molecule has 0 bridgehead atoms. The third-order valence-electron chi connectivity index (χ3n) is 3.55. The molecule has 2 aromatic carbocycles. The molecule has 0 unspecified atom stereocenters. The highest BCUT2D eigenvalue weighted by Crippen LogP contribution is 2.27. The molecule has 134 valence electrons. The zero-order chi connectivity index (χ0) is 17.9. The summed E-state index contributed by atoms with van der Waals surface area (Å²) in [5.74, 6) is 2.16. The highest BCUT2D eigenvalue weighted by molar-refractivity contribution is 5.73. The van der Waals surface area contributed by atoms with Crippen LogP contribution >= 0.6 is 0 Å². The van der Waals surface area contributed by atoms with Crippen molar-refractivity contribution in [2.24, 2.45) is 0 Å². The molecule has 0 fully saturated rings. The molecule has 0 aliphatic carbocycles. The maximum Gasteiger partial charge on any atom is 0.314 e. The number of amides is 2. The van der Waals surface area contributed by atoms with Crippen LogP contribution in [-0.4, -0.2) is 39.9 Å². The maximum absolute atomic E-state index is 11.7. The average molecular weight is 344 g/mol. The van der Waals surface area contributed by atoms with Crippen LogP contribution in [0.1, 0.15) is 5.56 Å². The summed E-state index contributed by atoms with van der Waals surface area (Å²) in [6.07, 6.45) is 0.703. The van der Waals surface area contributed by atoms with E-state index in [1.165, 1.54) is 0 Å². The normalized spacial score (nSPS) is 10.0. The molecular formula is C19H24N2O4. The molecule has 0 atom stereocenters. The van der Waals surface area contributed by atoms with E-state index in [0.29, 0.717) is 37.6 Å². The Kier molecular flexibility index (Phi) is 7.43. The fourth-order valence-electron chi connectivity index (χ4n) is 2.27. The van der Waals surface area contributed by atoms with Gasteiger partial charge in [0.05, 0.1) is 20.8 Å². The molecule has 0 aliphatic heterocycles. The topological polar surface area (TPSA) is 68.8 Å². The Morgan fingerprint density at radius 1 is 0.920 bits per heavy atom. The molecule has 0 saturated carbocycles. The predicted molar refractivity (Wildman–Crippen MR) is 96.6 cm³/mol. The van der Waals surface area contributed by atoms with Crippen molar-refractivity contribution in [2.45, 2.75) is 6.42 Å². The van der Waals surface area contributed by atoms with Gasteiger partial charge in [-0.25, -0.2) is 4.79 Å². The zero-order valence-electron chi connectivity index (χ0n) is 14.6. The minimum atomic E-state index is -0.211. The van der Waals surface area contributed by atoms with Crippen molar-refractivity contribution in [2.75, 3.05) is 33.9 Å². The van der Waals surface area contributed by atoms with Gasteiger partial charge in [0.1, 0.15) is 12.4 Å². The van der Waals surface area contributed by atoms with Gasteiger partial charge in [-0.3, -0.25) is 0 Å². The largest absolute Gasteiger partial charge is 0.493 e. The van der Waals surface area contributed by atoms with Gasteiger partial charge in [0.25, 0.3) is 0 Å². The fraction of sp³-hybridized carbons (Fsp3) is 0.316. The van der Waals surface area contributed by atoms with E-state index in [-0.39, 0.29) is 6.03 Å². The van der Waals surface area contributed by atoms with Crippen molar-refractivity contribution in [3.63, 3.8) is 0 Å². The summed E-state index contributed by atoms with van der Waals surface area (Å²) in [4.78, 5) is 11.7. The van der Waals surface area contributed by atoms with Crippen molar-refractivity contribution in [1.29, 1.82) is 0 Å². The molecule has 0 saturated heterocycles. The van der Waals surface area contributed by atoms with Crippen molar-refractivity contribution >= 4 is 6.03 Å². The Morgan fingerprint density at radius 3 is 2.36 bits per heavy atom. The van der Waals surface area contributed by atoms with Crippen LogP contribution in [0.3, 0.4) is 0 Å². The van der Waals surface area contributed by atoms with Gasteiger partial charge in [-0.1, -0.05) is 24.3 Å². The first-order valence-corrected chi connectivity index (χ1v) is 8.13. The number of nitrogens with one attached hydrogen (secondary N) is 2. The van der Waals surface area contributed by atoms with Crippen LogP contribution in [0.15, 0.2) is 48.5 Å². The highest BCUT2D eigenvalue weighted by Gasteiger charge is 2.05. The van der Waals surface area contributed by atoms with E-state index in [1.54, 1.807) is 14.2 Å². The van der Waals surface area contributed by atoms with Gasteiger partial charge >= 0.3 is 6.03 Å². The van der Waals surface area contributed by atoms with Crippen LogP contribution in [0.2, 0.25) is 0 Å². The van der Waals surface area contributed by atoms with Crippen molar-refractivity contribution in [3.8, 4) is 17.2 Å². The average Bonchev–Trinajstić information content (AvgIpc) is 2.66. The number of carbonyl (C=O) groups is 1. The summed E-state index contributed by atoms with van der Waals surface area (Å²) in [6.45, 7) is 1.39. The summed E-state index contributed by atoms with van der Waals surface area (Å²) in [5.41, 5.74) is 1.06. The number of ether oxygens (including phenoxy) is 3. The van der Waals surface area contributed by atoms with E-state index in [0.717, 1.165) is 11.3 Å². The smallest absolute Gasteiger partial charge is 0.314 e. The van der Waals surface area contributed by atoms with E-state index in [1.807, 2.05) is 48.5 Å². The van der Waals surface area contributed by atoms with E-state index >= 15 is 0 Å². The number of rotatable bonds is 9. The van der Waals surface area contributed by atoms with Crippen LogP contribution < -0.4 is 24.8 Å². The Morgan fingerprint density at radius 2 is 1.64 bits per heavy atom. The van der Waals surface area contributed by atoms with Gasteiger partial charge in [-0.2, -0.15) is 0 Å². The lowest BCUT2D eigenvalue weighted by atomic mass is 10.1. The second kappa shape index (κ2) is 10.1. The molecule has 0 heterocycles. The van der Waals surface area contributed by atoms with Crippen LogP contribution in [0.5, 0.6) is 17.2 Å². The highest BCUT2D eigenvalue weighted by atomic mass is 16.5. The Hall–Kier alpha value is -2.89. The Balaban J connectivity index is 1.63. The van der Waals surface area contributed by atoms with Gasteiger partial charge in [0.15, 0.2) is 11.5 Å². The number of carbonyl (C=O) groups excluding carboxylic acids is 1. The number of para-hydroxylation sites is 1. The number of hydrogen-bond acceptors (Lipinski definition) is 4. The number of hydrogen-bond donors (Lipinski definition) is 2. The van der Waals surface area contributed by atoms with E-state index in [4.69, 9.17) is 14.2 Å². The molecule has 2 rings (SSSR count). The SMILES string of the molecule is COc1ccc(CCNC(=O)NCCOc2ccccc2)cc1OC. The Bertz CT molecular complexity index is 662. The molecule has 0 radical (unpaired) electrons. The van der Waals surface area contributed by atoms with Gasteiger partial charge in [-0.05, 0) is 36.2 Å². The quantitative estimate of drug-likeness (QED) is 0.686. The van der Waals surface area contributed by atoms with Crippen LogP contribution in [0.25, 0.3) is 0 Å². The standard InChI is InChI=1S/C19H24N2O4/c1-23-17-9-8-15(14-18(17)24-2)10-11-20-19(22)21-12-13-25-16-6-4-3-5-7-16/h3-9,14H,10-13H2,1-2H3,(H2,20,21,22). The van der Waals surface area contributed by atoms with Crippen LogP contribution in [0.4, 0.5) is 4.79 Å². The van der Waals surface area contributed by atoms with Crippen molar-refractivity contribution < 1.29 is 19.0 Å². The lowest BCUT2D eigenvalue weighted by Crippen LogP contribution is -2.38. The lowest BCUT2D eigenvalue weighted by Gasteiger charge is -2.11. The predicted octanol–water partition coefficient (Wildman–Crippen LogP) is 2.62. The minimum absolute atomic E-state index is 0.211. The first-order chi connectivity index (χ1) is 12.2. The molecule has 6 nitrogen and oxygen atoms in total. The van der Waals surface area contributed by atoms with Crippen molar-refractivity contribution in [1.82, 2.24) is 10.6 Å². The van der Waals surface area contributed by atoms with Gasteiger partial charge in [0, 0.05) is 6.54 Å². The zero-order valence-corrected chi connectivity index (χ0v) is 14.6. The molecule has 25 heavy (non-hydrogen) atoms. The van der Waals surface area contributed by atoms with Gasteiger partial charge in [-0.15, -0.1) is 0 Å². The summed E-state index contributed by atoms with van der Waals surface area (Å²) in [6, 6.07) is 15.0. The molecule has 2 aromatic rings. The molecule has 2 amide bonds. The van der Waals surface area contributed by atoms with E-state index in [2.05, 4.69) is 10.6 Å². The summed E-state index contributed by atoms with van der Waals surface area (Å²) < 4.78 is 16.0. The van der Waals surface area contributed by atoms with Crippen LogP contribution in [0, 0.1) is 0 Å². The molecule has 0 aromatic heterocycles. The first-order valence-electron chi connectivity index (χ1n) is 8.13. The number of urea groups is 1. The summed E-state index contributed by atoms with van der Waals surface area (Å²) >= 11 is 0. The fourth-order valence-corrected chi connectivity index (χ4v) is 2.27. The molecule has 2 N–H and O–H groups in total. The van der Waals surface area contributed by atoms with Crippen molar-refractivity contribution in [3.05, 3.63) is 54.1 Å².